The summed E-state index contributed by atoms with van der Waals surface area (Å²) in [5.74, 6) is -0.733. The molecule has 0 unspecified atom stereocenters. The number of piperidine rings is 1. The zero-order chi connectivity index (χ0) is 19.7. The Labute approximate surface area is 164 Å². The van der Waals surface area contributed by atoms with Crippen molar-refractivity contribution < 1.29 is 19.1 Å². The van der Waals surface area contributed by atoms with Crippen LogP contribution in [0.1, 0.15) is 54.4 Å². The fourth-order valence-electron chi connectivity index (χ4n) is 4.33. The molecule has 2 aliphatic heterocycles. The zero-order valence-corrected chi connectivity index (χ0v) is 15.9. The molecule has 0 spiro atoms. The molecule has 1 amide bonds. The molecule has 5 nitrogen and oxygen atoms in total. The highest BCUT2D eigenvalue weighted by Crippen LogP contribution is 2.30. The van der Waals surface area contributed by atoms with E-state index in [4.69, 9.17) is 0 Å². The third-order valence-electron chi connectivity index (χ3n) is 5.95. The van der Waals surface area contributed by atoms with Gasteiger partial charge in [-0.3, -0.25) is 14.6 Å². The number of ketones is 1. The van der Waals surface area contributed by atoms with Crippen LogP contribution < -0.4 is 0 Å². The molecule has 1 aromatic rings. The first-order chi connectivity index (χ1) is 13.5. The topological polar surface area (TPSA) is 70.0 Å². The number of benzene rings is 1. The molecular formula is C22H25FN2O3. The van der Waals surface area contributed by atoms with E-state index in [2.05, 4.69) is 4.99 Å². The van der Waals surface area contributed by atoms with Gasteiger partial charge in [0, 0.05) is 30.8 Å². The molecule has 0 radical (unpaired) electrons. The van der Waals surface area contributed by atoms with Crippen molar-refractivity contribution in [2.45, 2.75) is 51.0 Å². The number of aliphatic hydroxyl groups excluding tert-OH is 1. The van der Waals surface area contributed by atoms with Crippen molar-refractivity contribution in [2.75, 3.05) is 19.6 Å². The summed E-state index contributed by atoms with van der Waals surface area (Å²) in [5.41, 5.74) is 3.78. The van der Waals surface area contributed by atoms with E-state index in [1.807, 2.05) is 0 Å². The Hall–Kier alpha value is -2.34. The van der Waals surface area contributed by atoms with Crippen molar-refractivity contribution in [3.8, 4) is 0 Å². The second kappa shape index (κ2) is 7.95. The van der Waals surface area contributed by atoms with Gasteiger partial charge in [-0.25, -0.2) is 4.39 Å². The van der Waals surface area contributed by atoms with E-state index in [1.165, 1.54) is 6.07 Å². The van der Waals surface area contributed by atoms with E-state index in [1.54, 1.807) is 17.0 Å². The van der Waals surface area contributed by atoms with Gasteiger partial charge in [0.05, 0.1) is 11.7 Å². The molecule has 6 heteroatoms. The summed E-state index contributed by atoms with van der Waals surface area (Å²) in [6.07, 6.45) is 4.95. The van der Waals surface area contributed by atoms with E-state index in [0.29, 0.717) is 32.4 Å². The minimum absolute atomic E-state index is 0.0687. The van der Waals surface area contributed by atoms with E-state index in [-0.39, 0.29) is 29.9 Å². The smallest absolute Gasteiger partial charge is 0.256 e. The van der Waals surface area contributed by atoms with Gasteiger partial charge in [0.25, 0.3) is 5.91 Å². The number of Topliss-reactive ketones (excluding diaryl/α,β-unsaturated/α-hetero) is 1. The van der Waals surface area contributed by atoms with Gasteiger partial charge < -0.3 is 10.0 Å². The molecule has 148 valence electrons. The largest absolute Gasteiger partial charge is 0.393 e. The van der Waals surface area contributed by atoms with Gasteiger partial charge in [-0.2, -0.15) is 0 Å². The number of amides is 1. The first kappa shape index (κ1) is 19.0. The maximum atomic E-state index is 14.4. The van der Waals surface area contributed by atoms with Crippen LogP contribution in [0.2, 0.25) is 0 Å². The Kier molecular flexibility index (Phi) is 5.40. The third kappa shape index (κ3) is 3.78. The number of carbonyl (C=O) groups excluding carboxylic acids is 2. The molecule has 0 saturated carbocycles. The normalized spacial score (nSPS) is 20.9. The Morgan fingerprint density at radius 1 is 1.18 bits per heavy atom. The molecule has 0 bridgehead atoms. The molecule has 1 N–H and O–H groups in total. The molecule has 3 aliphatic rings. The molecular weight excluding hydrogens is 359 g/mol. The maximum Gasteiger partial charge on any atom is 0.256 e. The van der Waals surface area contributed by atoms with Crippen molar-refractivity contribution in [1.29, 1.82) is 0 Å². The van der Waals surface area contributed by atoms with Crippen LogP contribution in [-0.2, 0) is 11.2 Å². The van der Waals surface area contributed by atoms with E-state index < -0.39 is 5.82 Å². The second-order valence-corrected chi connectivity index (χ2v) is 7.86. The summed E-state index contributed by atoms with van der Waals surface area (Å²) in [4.78, 5) is 31.0. The van der Waals surface area contributed by atoms with Crippen LogP contribution in [0.25, 0.3) is 0 Å². The predicted octanol–water partition coefficient (Wildman–Crippen LogP) is 2.86. The van der Waals surface area contributed by atoms with E-state index in [9.17, 15) is 19.1 Å². The van der Waals surface area contributed by atoms with Crippen LogP contribution in [0.3, 0.4) is 0 Å². The summed E-state index contributed by atoms with van der Waals surface area (Å²) < 4.78 is 14.4. The van der Waals surface area contributed by atoms with Gasteiger partial charge in [0.2, 0.25) is 0 Å². The zero-order valence-electron chi connectivity index (χ0n) is 15.9. The van der Waals surface area contributed by atoms with Gasteiger partial charge in [-0.1, -0.05) is 6.07 Å². The quantitative estimate of drug-likeness (QED) is 0.871. The second-order valence-electron chi connectivity index (χ2n) is 7.86. The minimum atomic E-state index is -0.529. The standard InChI is InChI=1S/C22H25FN2O3/c23-19-6-5-14(11-18(19)22(28)25-9-7-15(26)8-10-25)12-20-16-3-1-2-4-17(16)21(27)13-24-20/h5-6,11,15,26H,1-4,7-10,12-13H2. The number of hydrogen-bond acceptors (Lipinski definition) is 4. The van der Waals surface area contributed by atoms with Crippen LogP contribution in [0, 0.1) is 5.82 Å². The fourth-order valence-corrected chi connectivity index (χ4v) is 4.33. The molecule has 1 saturated heterocycles. The number of halogens is 1. The number of likely N-dealkylation sites (tertiary alicyclic amines) is 1. The lowest BCUT2D eigenvalue weighted by Gasteiger charge is -2.30. The first-order valence-corrected chi connectivity index (χ1v) is 10.1. The summed E-state index contributed by atoms with van der Waals surface area (Å²) in [6, 6.07) is 4.64. The van der Waals surface area contributed by atoms with Crippen molar-refractivity contribution in [2.24, 2.45) is 4.99 Å². The highest BCUT2D eigenvalue weighted by Gasteiger charge is 2.27. The third-order valence-corrected chi connectivity index (χ3v) is 5.95. The molecule has 0 atom stereocenters. The van der Waals surface area contributed by atoms with Crippen LogP contribution in [0.4, 0.5) is 4.39 Å². The van der Waals surface area contributed by atoms with Gasteiger partial charge >= 0.3 is 0 Å². The lowest BCUT2D eigenvalue weighted by molar-refractivity contribution is -0.114. The number of aliphatic imine (C=N–C) groups is 1. The number of carbonyl (C=O) groups is 2. The van der Waals surface area contributed by atoms with Crippen molar-refractivity contribution >= 4 is 17.4 Å². The lowest BCUT2D eigenvalue weighted by atomic mass is 9.83. The van der Waals surface area contributed by atoms with Crippen LogP contribution >= 0.6 is 0 Å². The average Bonchev–Trinajstić information content (AvgIpc) is 2.72. The lowest BCUT2D eigenvalue weighted by Crippen LogP contribution is -2.40. The Balaban J connectivity index is 1.55. The van der Waals surface area contributed by atoms with Crippen LogP contribution in [-0.4, -0.2) is 53.1 Å². The van der Waals surface area contributed by atoms with Crippen LogP contribution in [0.15, 0.2) is 34.3 Å². The van der Waals surface area contributed by atoms with Crippen molar-refractivity contribution in [3.05, 3.63) is 46.3 Å². The molecule has 1 aliphatic carbocycles. The highest BCUT2D eigenvalue weighted by molar-refractivity contribution is 6.14. The van der Waals surface area contributed by atoms with Crippen molar-refractivity contribution in [3.63, 3.8) is 0 Å². The monoisotopic (exact) mass is 384 g/mol. The summed E-state index contributed by atoms with van der Waals surface area (Å²) in [5, 5.41) is 9.62. The van der Waals surface area contributed by atoms with Gasteiger partial charge in [-0.15, -0.1) is 0 Å². The number of dihydropyridines is 1. The van der Waals surface area contributed by atoms with E-state index in [0.717, 1.165) is 48.1 Å². The summed E-state index contributed by atoms with van der Waals surface area (Å²) >= 11 is 0. The van der Waals surface area contributed by atoms with Gasteiger partial charge in [0.15, 0.2) is 5.78 Å². The molecule has 4 rings (SSSR count). The average molecular weight is 384 g/mol. The molecule has 1 aromatic carbocycles. The molecule has 28 heavy (non-hydrogen) atoms. The number of allylic oxidation sites excluding steroid dienone is 1. The summed E-state index contributed by atoms with van der Waals surface area (Å²) in [7, 11) is 0. The molecule has 1 fully saturated rings. The number of aliphatic hydroxyl groups is 1. The Bertz CT molecular complexity index is 867. The van der Waals surface area contributed by atoms with Gasteiger partial charge in [-0.05, 0) is 61.8 Å². The fraction of sp³-hybridized carbons (Fsp3) is 0.500. The molecule has 2 heterocycles. The summed E-state index contributed by atoms with van der Waals surface area (Å²) in [6.45, 7) is 1.07. The van der Waals surface area contributed by atoms with Gasteiger partial charge in [0.1, 0.15) is 12.4 Å². The van der Waals surface area contributed by atoms with Crippen LogP contribution in [0.5, 0.6) is 0 Å². The maximum absolute atomic E-state index is 14.4. The first-order valence-electron chi connectivity index (χ1n) is 10.1. The Morgan fingerprint density at radius 3 is 2.64 bits per heavy atom. The number of rotatable bonds is 3. The van der Waals surface area contributed by atoms with Crippen molar-refractivity contribution in [1.82, 2.24) is 4.90 Å². The Morgan fingerprint density at radius 2 is 1.89 bits per heavy atom. The SMILES string of the molecule is O=C1CN=C(Cc2ccc(F)c(C(=O)N3CCC(O)CC3)c2)C2=C1CCCC2. The minimum Gasteiger partial charge on any atom is -0.393 e. The van der Waals surface area contributed by atoms with E-state index >= 15 is 0 Å². The highest BCUT2D eigenvalue weighted by atomic mass is 19.1. The number of hydrogen-bond donors (Lipinski definition) is 1. The predicted molar refractivity (Wildman–Crippen MR) is 104 cm³/mol. The number of nitrogens with zero attached hydrogens (tertiary/aromatic N) is 2. The molecule has 0 aromatic heterocycles.